The van der Waals surface area contributed by atoms with Gasteiger partial charge in [0.1, 0.15) is 5.75 Å². The molecule has 1 aliphatic rings. The van der Waals surface area contributed by atoms with Crippen molar-refractivity contribution >= 4 is 27.5 Å². The lowest BCUT2D eigenvalue weighted by Gasteiger charge is -2.31. The lowest BCUT2D eigenvalue weighted by Crippen LogP contribution is -2.46. The van der Waals surface area contributed by atoms with Gasteiger partial charge in [-0.05, 0) is 39.0 Å². The second-order valence-corrected chi connectivity index (χ2v) is 6.54. The van der Waals surface area contributed by atoms with Crippen LogP contribution in [0.2, 0.25) is 0 Å². The van der Waals surface area contributed by atoms with Crippen LogP contribution in [0, 0.1) is 0 Å². The van der Waals surface area contributed by atoms with Crippen molar-refractivity contribution in [3.63, 3.8) is 0 Å². The number of hydrogen-bond acceptors (Lipinski definition) is 3. The summed E-state index contributed by atoms with van der Waals surface area (Å²) in [6, 6.07) is 5.72. The molecule has 1 N–H and O–H groups in total. The van der Waals surface area contributed by atoms with Gasteiger partial charge in [-0.1, -0.05) is 15.9 Å². The smallest absolute Gasteiger partial charge is 0.265 e. The molecule has 2 rings (SSSR count). The van der Waals surface area contributed by atoms with Crippen LogP contribution in [0.3, 0.4) is 0 Å². The third-order valence-electron chi connectivity index (χ3n) is 2.85. The molecule has 0 bridgehead atoms. The van der Waals surface area contributed by atoms with Gasteiger partial charge in [-0.2, -0.15) is 0 Å². The van der Waals surface area contributed by atoms with Gasteiger partial charge in [0, 0.05) is 23.1 Å². The van der Waals surface area contributed by atoms with Crippen LogP contribution in [0.1, 0.15) is 20.8 Å². The van der Waals surface area contributed by atoms with Crippen molar-refractivity contribution in [1.29, 1.82) is 0 Å². The second kappa shape index (κ2) is 5.51. The van der Waals surface area contributed by atoms with E-state index in [2.05, 4.69) is 42.0 Å². The Balaban J connectivity index is 2.12. The maximum atomic E-state index is 12.0. The van der Waals surface area contributed by atoms with E-state index in [-0.39, 0.29) is 18.1 Å². The summed E-state index contributed by atoms with van der Waals surface area (Å²) in [5, 5.41) is 3.39. The fraction of sp³-hybridized carbons (Fsp3) is 0.500. The number of nitrogens with one attached hydrogen (secondary N) is 1. The van der Waals surface area contributed by atoms with Gasteiger partial charge in [0.25, 0.3) is 5.91 Å². The van der Waals surface area contributed by atoms with E-state index in [4.69, 9.17) is 4.74 Å². The molecule has 0 unspecified atom stereocenters. The summed E-state index contributed by atoms with van der Waals surface area (Å²) in [7, 11) is 0. The van der Waals surface area contributed by atoms with Crippen molar-refractivity contribution in [2.45, 2.75) is 26.3 Å². The lowest BCUT2D eigenvalue weighted by molar-refractivity contribution is -0.121. The maximum Gasteiger partial charge on any atom is 0.265 e. The number of fused-ring (bicyclic) bond motifs is 1. The molecule has 4 nitrogen and oxygen atoms in total. The number of rotatable bonds is 3. The van der Waals surface area contributed by atoms with Gasteiger partial charge in [0.05, 0.1) is 5.69 Å². The Morgan fingerprint density at radius 1 is 1.42 bits per heavy atom. The molecule has 1 amide bonds. The van der Waals surface area contributed by atoms with E-state index in [1.54, 1.807) is 4.90 Å². The first-order valence-electron chi connectivity index (χ1n) is 6.34. The minimum Gasteiger partial charge on any atom is -0.482 e. The monoisotopic (exact) mass is 326 g/mol. The van der Waals surface area contributed by atoms with Crippen LogP contribution < -0.4 is 15.0 Å². The van der Waals surface area contributed by atoms with Crippen molar-refractivity contribution in [1.82, 2.24) is 5.32 Å². The van der Waals surface area contributed by atoms with Crippen molar-refractivity contribution in [2.75, 3.05) is 24.6 Å². The summed E-state index contributed by atoms with van der Waals surface area (Å²) in [5.74, 6) is 0.764. The highest BCUT2D eigenvalue weighted by atomic mass is 79.9. The fourth-order valence-corrected chi connectivity index (χ4v) is 2.31. The lowest BCUT2D eigenvalue weighted by atomic mass is 10.1. The van der Waals surface area contributed by atoms with Crippen molar-refractivity contribution in [3.05, 3.63) is 22.7 Å². The number of nitrogens with zero attached hydrogens (tertiary/aromatic N) is 1. The minimum absolute atomic E-state index is 0.00121. The third kappa shape index (κ3) is 3.70. The van der Waals surface area contributed by atoms with Gasteiger partial charge in [-0.25, -0.2) is 0 Å². The summed E-state index contributed by atoms with van der Waals surface area (Å²) < 4.78 is 6.38. The summed E-state index contributed by atoms with van der Waals surface area (Å²) >= 11 is 3.43. The summed E-state index contributed by atoms with van der Waals surface area (Å²) in [5.41, 5.74) is 0.886. The second-order valence-electron chi connectivity index (χ2n) is 5.62. The molecule has 1 aromatic rings. The molecular weight excluding hydrogens is 308 g/mol. The molecule has 0 radical (unpaired) electrons. The zero-order valence-corrected chi connectivity index (χ0v) is 13.1. The molecule has 19 heavy (non-hydrogen) atoms. The number of ether oxygens (including phenoxy) is 1. The topological polar surface area (TPSA) is 41.6 Å². The number of halogens is 1. The number of amides is 1. The van der Waals surface area contributed by atoms with Crippen LogP contribution in [0.4, 0.5) is 5.69 Å². The summed E-state index contributed by atoms with van der Waals surface area (Å²) in [4.78, 5) is 13.8. The van der Waals surface area contributed by atoms with E-state index >= 15 is 0 Å². The Labute approximate surface area is 122 Å². The minimum atomic E-state index is 0.00121. The van der Waals surface area contributed by atoms with Gasteiger partial charge in [-0.15, -0.1) is 0 Å². The SMILES string of the molecule is CC(C)(C)NCCN1C(=O)COc2ccc(Br)cc21. The number of carbonyl (C=O) groups excluding carboxylic acids is 1. The maximum absolute atomic E-state index is 12.0. The molecule has 1 aromatic carbocycles. The Morgan fingerprint density at radius 2 is 2.16 bits per heavy atom. The predicted molar refractivity (Wildman–Crippen MR) is 79.7 cm³/mol. The van der Waals surface area contributed by atoms with Crippen LogP contribution in [0.5, 0.6) is 5.75 Å². The Hall–Kier alpha value is -1.07. The van der Waals surface area contributed by atoms with Crippen LogP contribution >= 0.6 is 15.9 Å². The summed E-state index contributed by atoms with van der Waals surface area (Å²) in [6.07, 6.45) is 0. The van der Waals surface area contributed by atoms with E-state index in [0.717, 1.165) is 22.5 Å². The number of hydrogen-bond donors (Lipinski definition) is 1. The molecule has 0 saturated heterocycles. The Bertz CT molecular complexity index is 483. The van der Waals surface area contributed by atoms with Gasteiger partial charge in [-0.3, -0.25) is 4.79 Å². The molecule has 104 valence electrons. The van der Waals surface area contributed by atoms with E-state index in [1.807, 2.05) is 18.2 Å². The van der Waals surface area contributed by atoms with Gasteiger partial charge in [0.15, 0.2) is 6.61 Å². The van der Waals surface area contributed by atoms with Crippen molar-refractivity contribution in [3.8, 4) is 5.75 Å². The zero-order valence-electron chi connectivity index (χ0n) is 11.5. The van der Waals surface area contributed by atoms with Crippen LogP contribution in [-0.2, 0) is 4.79 Å². The number of carbonyl (C=O) groups is 1. The molecule has 0 fully saturated rings. The van der Waals surface area contributed by atoms with Crippen LogP contribution in [0.25, 0.3) is 0 Å². The average molecular weight is 327 g/mol. The largest absolute Gasteiger partial charge is 0.482 e. The summed E-state index contributed by atoms with van der Waals surface area (Å²) in [6.45, 7) is 7.84. The van der Waals surface area contributed by atoms with Crippen molar-refractivity contribution < 1.29 is 9.53 Å². The van der Waals surface area contributed by atoms with Crippen LogP contribution in [0.15, 0.2) is 22.7 Å². The number of anilines is 1. The highest BCUT2D eigenvalue weighted by Gasteiger charge is 2.25. The van der Waals surface area contributed by atoms with E-state index < -0.39 is 0 Å². The van der Waals surface area contributed by atoms with E-state index in [0.29, 0.717) is 6.54 Å². The zero-order chi connectivity index (χ0) is 14.0. The number of benzene rings is 1. The highest BCUT2D eigenvalue weighted by Crippen LogP contribution is 2.34. The first-order chi connectivity index (χ1) is 8.87. The molecule has 0 aliphatic carbocycles. The highest BCUT2D eigenvalue weighted by molar-refractivity contribution is 9.10. The molecule has 5 heteroatoms. The molecule has 0 aromatic heterocycles. The molecule has 0 saturated carbocycles. The predicted octanol–water partition coefficient (Wildman–Crippen LogP) is 2.56. The third-order valence-corrected chi connectivity index (χ3v) is 3.35. The van der Waals surface area contributed by atoms with Crippen LogP contribution in [-0.4, -0.2) is 31.1 Å². The first-order valence-corrected chi connectivity index (χ1v) is 7.14. The quantitative estimate of drug-likeness (QED) is 0.928. The molecule has 1 heterocycles. The molecule has 0 atom stereocenters. The standard InChI is InChI=1S/C14H19BrN2O2/c1-14(2,3)16-6-7-17-11-8-10(15)4-5-12(11)19-9-13(17)18/h4-5,8,16H,6-7,9H2,1-3H3. The first kappa shape index (κ1) is 14.3. The Kier molecular flexibility index (Phi) is 4.16. The van der Waals surface area contributed by atoms with E-state index in [9.17, 15) is 4.79 Å². The molecule has 0 spiro atoms. The van der Waals surface area contributed by atoms with Gasteiger partial charge >= 0.3 is 0 Å². The molecule has 1 aliphatic heterocycles. The van der Waals surface area contributed by atoms with Gasteiger partial charge in [0.2, 0.25) is 0 Å². The van der Waals surface area contributed by atoms with Crippen molar-refractivity contribution in [2.24, 2.45) is 0 Å². The van der Waals surface area contributed by atoms with E-state index in [1.165, 1.54) is 0 Å². The van der Waals surface area contributed by atoms with Gasteiger partial charge < -0.3 is 15.0 Å². The normalized spacial score (nSPS) is 15.2. The molecular formula is C14H19BrN2O2. The average Bonchev–Trinajstić information content (AvgIpc) is 2.30. The fourth-order valence-electron chi connectivity index (χ4n) is 1.96. The Morgan fingerprint density at radius 3 is 2.84 bits per heavy atom.